The zero-order valence-corrected chi connectivity index (χ0v) is 14.3. The van der Waals surface area contributed by atoms with Crippen molar-refractivity contribution in [1.29, 1.82) is 0 Å². The van der Waals surface area contributed by atoms with Crippen molar-refractivity contribution in [3.05, 3.63) is 70.5 Å². The molecule has 2 aliphatic rings. The molecule has 126 valence electrons. The van der Waals surface area contributed by atoms with Crippen LogP contribution in [0.4, 0.5) is 4.39 Å². The molecule has 1 N–H and O–H groups in total. The minimum atomic E-state index is -0.718. The molecular weight excluding hydrogens is 339 g/mol. The largest absolute Gasteiger partial charge is 0.298 e. The van der Waals surface area contributed by atoms with Gasteiger partial charge < -0.3 is 0 Å². The van der Waals surface area contributed by atoms with Crippen molar-refractivity contribution in [1.82, 2.24) is 10.3 Å². The fraction of sp³-hybridized carbons (Fsp3) is 0.167. The molecule has 4 rings (SSSR count). The number of hydrogen-bond donors (Lipinski definition) is 1. The third kappa shape index (κ3) is 2.70. The zero-order valence-electron chi connectivity index (χ0n) is 13.4. The summed E-state index contributed by atoms with van der Waals surface area (Å²) in [7, 11) is 0. The first-order valence-corrected chi connectivity index (χ1v) is 8.91. The van der Waals surface area contributed by atoms with Gasteiger partial charge in [-0.1, -0.05) is 55.1 Å². The average molecular weight is 354 g/mol. The zero-order chi connectivity index (χ0) is 17.4. The third-order valence-corrected chi connectivity index (χ3v) is 4.73. The van der Waals surface area contributed by atoms with Gasteiger partial charge in [0.05, 0.1) is 5.36 Å². The Morgan fingerprint density at radius 2 is 1.96 bits per heavy atom. The van der Waals surface area contributed by atoms with Crippen molar-refractivity contribution in [2.45, 2.75) is 13.1 Å². The van der Waals surface area contributed by atoms with E-state index in [-0.39, 0.29) is 11.7 Å². The van der Waals surface area contributed by atoms with Gasteiger partial charge in [0.2, 0.25) is 0 Å². The number of hydrazone groups is 1. The number of thioether (sulfide) groups is 1. The highest BCUT2D eigenvalue weighted by Crippen LogP contribution is 2.31. The summed E-state index contributed by atoms with van der Waals surface area (Å²) in [5.41, 5.74) is 0.771. The van der Waals surface area contributed by atoms with Gasteiger partial charge in [-0.25, -0.2) is 9.40 Å². The summed E-state index contributed by atoms with van der Waals surface area (Å²) in [5, 5.41) is 10.7. The van der Waals surface area contributed by atoms with Crippen molar-refractivity contribution < 1.29 is 9.18 Å². The Labute approximate surface area is 147 Å². The van der Waals surface area contributed by atoms with Crippen molar-refractivity contribution in [3.63, 3.8) is 0 Å². The van der Waals surface area contributed by atoms with Gasteiger partial charge in [0, 0.05) is 10.8 Å². The molecule has 25 heavy (non-hydrogen) atoms. The Kier molecular flexibility index (Phi) is 4.01. The van der Waals surface area contributed by atoms with E-state index in [1.807, 2.05) is 31.2 Å². The highest BCUT2D eigenvalue weighted by Gasteiger charge is 2.35. The van der Waals surface area contributed by atoms with Crippen LogP contribution in [0.3, 0.4) is 0 Å². The number of nitrogens with zero attached hydrogens (tertiary/aromatic N) is 3. The van der Waals surface area contributed by atoms with Crippen LogP contribution < -0.4 is 15.9 Å². The molecule has 0 bridgehead atoms. The van der Waals surface area contributed by atoms with Crippen molar-refractivity contribution in [2.75, 3.05) is 5.75 Å². The van der Waals surface area contributed by atoms with Crippen LogP contribution in [0.15, 0.2) is 58.6 Å². The summed E-state index contributed by atoms with van der Waals surface area (Å²) in [4.78, 5) is 17.4. The summed E-state index contributed by atoms with van der Waals surface area (Å²) in [6, 6.07) is 13.8. The number of nitrogens with one attached hydrogen (secondary N) is 1. The number of hydrogen-bond acceptors (Lipinski definition) is 5. The van der Waals surface area contributed by atoms with Crippen LogP contribution in [-0.2, 0) is 4.79 Å². The number of para-hydroxylation sites is 1. The van der Waals surface area contributed by atoms with Gasteiger partial charge in [0.1, 0.15) is 11.5 Å². The molecule has 1 atom stereocenters. The standard InChI is InChI=1S/C18H15FN4OS/c1-2-25-18-21-17(24)15-12-8-4-6-10-14(12)20-16(23(15)22-18)11-7-3-5-9-13(11)19/h3-10,16H,2H2,1H3,(H,21,22,24). The summed E-state index contributed by atoms with van der Waals surface area (Å²) >= 11 is 1.42. The number of carbonyl (C=O) groups is 1. The molecule has 0 aliphatic carbocycles. The Hall–Kier alpha value is -2.67. The van der Waals surface area contributed by atoms with Crippen LogP contribution in [0, 0.1) is 5.82 Å². The summed E-state index contributed by atoms with van der Waals surface area (Å²) in [6.07, 6.45) is -0.718. The average Bonchev–Trinajstić information content (AvgIpc) is 2.61. The van der Waals surface area contributed by atoms with E-state index in [1.165, 1.54) is 22.8 Å². The molecule has 0 spiro atoms. The van der Waals surface area contributed by atoms with E-state index >= 15 is 0 Å². The van der Waals surface area contributed by atoms with Crippen LogP contribution in [0.25, 0.3) is 5.70 Å². The lowest BCUT2D eigenvalue weighted by Crippen LogP contribution is -2.50. The van der Waals surface area contributed by atoms with Crippen LogP contribution in [0.5, 0.6) is 0 Å². The Balaban J connectivity index is 1.98. The highest BCUT2D eigenvalue weighted by molar-refractivity contribution is 8.13. The molecular formula is C18H15FN4OS. The van der Waals surface area contributed by atoms with Gasteiger partial charge in [-0.15, -0.1) is 5.10 Å². The molecule has 0 saturated carbocycles. The second-order valence-corrected chi connectivity index (χ2v) is 6.78. The van der Waals surface area contributed by atoms with E-state index in [1.54, 1.807) is 18.2 Å². The van der Waals surface area contributed by atoms with E-state index in [0.29, 0.717) is 27.0 Å². The number of fused-ring (bicyclic) bond motifs is 2. The van der Waals surface area contributed by atoms with Gasteiger partial charge in [0.25, 0.3) is 5.91 Å². The molecule has 2 aliphatic heterocycles. The van der Waals surface area contributed by atoms with Crippen LogP contribution >= 0.6 is 11.8 Å². The van der Waals surface area contributed by atoms with Crippen molar-refractivity contribution in [3.8, 4) is 0 Å². The molecule has 0 radical (unpaired) electrons. The quantitative estimate of drug-likeness (QED) is 0.894. The SMILES string of the molecule is CCSC1=NN2C(=c3ccccc3=NC2c2ccccc2F)C(=O)N1. The predicted octanol–water partition coefficient (Wildman–Crippen LogP) is 1.72. The van der Waals surface area contributed by atoms with E-state index in [2.05, 4.69) is 15.4 Å². The van der Waals surface area contributed by atoms with Gasteiger partial charge in [-0.2, -0.15) is 0 Å². The second kappa shape index (κ2) is 6.33. The Bertz CT molecular complexity index is 1000. The molecule has 0 saturated heterocycles. The fourth-order valence-corrected chi connectivity index (χ4v) is 3.50. The Morgan fingerprint density at radius 3 is 2.76 bits per heavy atom. The first-order chi connectivity index (χ1) is 12.2. The molecule has 1 unspecified atom stereocenters. The highest BCUT2D eigenvalue weighted by atomic mass is 32.2. The topological polar surface area (TPSA) is 57.1 Å². The molecule has 2 aromatic rings. The molecule has 1 amide bonds. The van der Waals surface area contributed by atoms with Crippen molar-refractivity contribution in [2.24, 2.45) is 10.1 Å². The van der Waals surface area contributed by atoms with Crippen LogP contribution in [-0.4, -0.2) is 21.8 Å². The second-order valence-electron chi connectivity index (χ2n) is 5.53. The molecule has 5 nitrogen and oxygen atoms in total. The predicted molar refractivity (Wildman–Crippen MR) is 95.3 cm³/mol. The van der Waals surface area contributed by atoms with Crippen molar-refractivity contribution >= 4 is 28.5 Å². The number of carbonyl (C=O) groups excluding carboxylic acids is 1. The molecule has 7 heteroatoms. The molecule has 0 aromatic heterocycles. The fourth-order valence-electron chi connectivity index (χ4n) is 2.92. The van der Waals surface area contributed by atoms with Crippen LogP contribution in [0.1, 0.15) is 18.7 Å². The first kappa shape index (κ1) is 15.8. The summed E-state index contributed by atoms with van der Waals surface area (Å²) in [5.74, 6) is 0.135. The first-order valence-electron chi connectivity index (χ1n) is 7.92. The van der Waals surface area contributed by atoms with Gasteiger partial charge in [0.15, 0.2) is 11.3 Å². The molecule has 2 aromatic carbocycles. The van der Waals surface area contributed by atoms with Gasteiger partial charge in [-0.3, -0.25) is 15.1 Å². The number of halogens is 1. The monoisotopic (exact) mass is 354 g/mol. The maximum Gasteiger partial charge on any atom is 0.276 e. The Morgan fingerprint density at radius 1 is 1.20 bits per heavy atom. The van der Waals surface area contributed by atoms with E-state index < -0.39 is 6.17 Å². The number of rotatable bonds is 2. The lowest BCUT2D eigenvalue weighted by Gasteiger charge is -2.34. The summed E-state index contributed by atoms with van der Waals surface area (Å²) < 4.78 is 14.4. The normalized spacial score (nSPS) is 18.7. The molecule has 2 heterocycles. The number of benzene rings is 2. The maximum atomic E-state index is 14.4. The van der Waals surface area contributed by atoms with Gasteiger partial charge >= 0.3 is 0 Å². The lowest BCUT2D eigenvalue weighted by molar-refractivity contribution is -0.116. The lowest BCUT2D eigenvalue weighted by atomic mass is 10.1. The minimum Gasteiger partial charge on any atom is -0.298 e. The number of amides is 1. The maximum absolute atomic E-state index is 14.4. The van der Waals surface area contributed by atoms with E-state index in [0.717, 1.165) is 5.75 Å². The van der Waals surface area contributed by atoms with E-state index in [9.17, 15) is 9.18 Å². The van der Waals surface area contributed by atoms with E-state index in [4.69, 9.17) is 0 Å². The smallest absolute Gasteiger partial charge is 0.276 e. The minimum absolute atomic E-state index is 0.255. The van der Waals surface area contributed by atoms with Gasteiger partial charge in [-0.05, 0) is 17.9 Å². The van der Waals surface area contributed by atoms with Crippen LogP contribution in [0.2, 0.25) is 0 Å². The summed E-state index contributed by atoms with van der Waals surface area (Å²) in [6.45, 7) is 1.98. The third-order valence-electron chi connectivity index (χ3n) is 3.98. The molecule has 0 fully saturated rings. The number of amidine groups is 1.